The van der Waals surface area contributed by atoms with Crippen LogP contribution in [0, 0.1) is 0 Å². The minimum Gasteiger partial charge on any atom is -0.444 e. The number of ether oxygens (including phenoxy) is 1. The Morgan fingerprint density at radius 1 is 1.29 bits per heavy atom. The fourth-order valence-electron chi connectivity index (χ4n) is 2.01. The van der Waals surface area contributed by atoms with Crippen LogP contribution < -0.4 is 5.32 Å². The Morgan fingerprint density at radius 3 is 2.46 bits per heavy atom. The van der Waals surface area contributed by atoms with Crippen LogP contribution in [0.5, 0.6) is 0 Å². The van der Waals surface area contributed by atoms with Crippen molar-refractivity contribution < 1.29 is 22.1 Å². The van der Waals surface area contributed by atoms with Crippen molar-refractivity contribution in [1.82, 2.24) is 5.32 Å². The molecule has 0 radical (unpaired) electrons. The van der Waals surface area contributed by atoms with Gasteiger partial charge in [0.15, 0.2) is 0 Å². The van der Waals surface area contributed by atoms with Crippen LogP contribution in [0.3, 0.4) is 0 Å². The summed E-state index contributed by atoms with van der Waals surface area (Å²) in [5.41, 5.74) is 0.296. The van der Waals surface area contributed by atoms with Crippen molar-refractivity contribution >= 4 is 32.1 Å². The lowest BCUT2D eigenvalue weighted by molar-refractivity contribution is 0.0499. The number of carbonyl (C=O) groups excluding carboxylic acids is 1. The zero-order chi connectivity index (χ0) is 18.4. The predicted molar refractivity (Wildman–Crippen MR) is 96.3 cm³/mol. The third-order valence-electron chi connectivity index (χ3n) is 2.91. The van der Waals surface area contributed by atoms with Crippen molar-refractivity contribution in [2.24, 2.45) is 0 Å². The maximum Gasteiger partial charge on any atom is 0.408 e. The standard InChI is InChI=1S/C16H24BrNO5S/c1-16(2,3)23-15(19)18-14(10-7-11-22-24(4,20)21)12-8-5-6-9-13(12)17/h5-6,8-9,14H,7,10-11H2,1-4H3,(H,18,19)/t14-/m0/s1. The lowest BCUT2D eigenvalue weighted by atomic mass is 10.0. The summed E-state index contributed by atoms with van der Waals surface area (Å²) in [4.78, 5) is 12.1. The van der Waals surface area contributed by atoms with Gasteiger partial charge in [0.25, 0.3) is 10.1 Å². The van der Waals surface area contributed by atoms with E-state index in [-0.39, 0.29) is 12.6 Å². The van der Waals surface area contributed by atoms with E-state index >= 15 is 0 Å². The van der Waals surface area contributed by atoms with Gasteiger partial charge in [0.1, 0.15) is 5.60 Å². The van der Waals surface area contributed by atoms with Crippen LogP contribution in [0.1, 0.15) is 45.2 Å². The summed E-state index contributed by atoms with van der Waals surface area (Å²) in [5, 5.41) is 2.83. The number of nitrogens with one attached hydrogen (secondary N) is 1. The zero-order valence-electron chi connectivity index (χ0n) is 14.3. The van der Waals surface area contributed by atoms with Crippen molar-refractivity contribution in [2.75, 3.05) is 12.9 Å². The van der Waals surface area contributed by atoms with E-state index in [1.54, 1.807) is 20.8 Å². The number of halogens is 1. The molecule has 1 N–H and O–H groups in total. The van der Waals surface area contributed by atoms with Crippen LogP contribution in [0.25, 0.3) is 0 Å². The minimum atomic E-state index is -3.46. The van der Waals surface area contributed by atoms with Crippen LogP contribution in [0.2, 0.25) is 0 Å². The number of rotatable bonds is 7. The molecule has 0 aliphatic rings. The number of amides is 1. The topological polar surface area (TPSA) is 81.7 Å². The summed E-state index contributed by atoms with van der Waals surface area (Å²) in [6, 6.07) is 7.20. The maximum atomic E-state index is 12.1. The van der Waals surface area contributed by atoms with Crippen molar-refractivity contribution in [3.63, 3.8) is 0 Å². The smallest absolute Gasteiger partial charge is 0.408 e. The lowest BCUT2D eigenvalue weighted by Crippen LogP contribution is -2.35. The number of alkyl carbamates (subject to hydrolysis) is 1. The van der Waals surface area contributed by atoms with E-state index in [4.69, 9.17) is 8.92 Å². The average Bonchev–Trinajstić information content (AvgIpc) is 2.40. The molecule has 1 aromatic carbocycles. The van der Waals surface area contributed by atoms with Crippen molar-refractivity contribution in [2.45, 2.75) is 45.3 Å². The Kier molecular flexibility index (Phi) is 7.69. The molecule has 0 unspecified atom stereocenters. The first kappa shape index (κ1) is 20.9. The van der Waals surface area contributed by atoms with Crippen LogP contribution in [0.4, 0.5) is 4.79 Å². The Bertz CT molecular complexity index is 655. The quantitative estimate of drug-likeness (QED) is 0.534. The van der Waals surface area contributed by atoms with Gasteiger partial charge in [-0.15, -0.1) is 0 Å². The molecule has 24 heavy (non-hydrogen) atoms. The van der Waals surface area contributed by atoms with Gasteiger partial charge in [-0.2, -0.15) is 8.42 Å². The highest BCUT2D eigenvalue weighted by Crippen LogP contribution is 2.27. The number of benzene rings is 1. The number of carbonyl (C=O) groups is 1. The third-order valence-corrected chi connectivity index (χ3v) is 4.22. The minimum absolute atomic E-state index is 0.0653. The zero-order valence-corrected chi connectivity index (χ0v) is 16.7. The van der Waals surface area contributed by atoms with Gasteiger partial charge in [-0.1, -0.05) is 34.1 Å². The van der Waals surface area contributed by atoms with Crippen LogP contribution in [-0.2, 0) is 19.0 Å². The average molecular weight is 422 g/mol. The van der Waals surface area contributed by atoms with E-state index in [1.165, 1.54) is 0 Å². The first-order chi connectivity index (χ1) is 11.0. The van der Waals surface area contributed by atoms with Crippen LogP contribution >= 0.6 is 15.9 Å². The first-order valence-electron chi connectivity index (χ1n) is 7.56. The highest BCUT2D eigenvalue weighted by Gasteiger charge is 2.21. The molecule has 0 spiro atoms. The van der Waals surface area contributed by atoms with E-state index in [9.17, 15) is 13.2 Å². The normalized spacial score (nSPS) is 13.4. The van der Waals surface area contributed by atoms with E-state index in [2.05, 4.69) is 21.2 Å². The van der Waals surface area contributed by atoms with Gasteiger partial charge in [0.05, 0.1) is 18.9 Å². The highest BCUT2D eigenvalue weighted by atomic mass is 79.9. The van der Waals surface area contributed by atoms with E-state index in [0.29, 0.717) is 12.8 Å². The fourth-order valence-corrected chi connectivity index (χ4v) is 2.99. The van der Waals surface area contributed by atoms with E-state index < -0.39 is 21.8 Å². The SMILES string of the molecule is CC(C)(C)OC(=O)N[C@@H](CCCOS(C)(=O)=O)c1ccccc1Br. The largest absolute Gasteiger partial charge is 0.444 e. The van der Waals surface area contributed by atoms with Gasteiger partial charge < -0.3 is 10.1 Å². The Balaban J connectivity index is 2.77. The van der Waals surface area contributed by atoms with E-state index in [1.807, 2.05) is 24.3 Å². The molecule has 136 valence electrons. The fraction of sp³-hybridized carbons (Fsp3) is 0.562. The second-order valence-electron chi connectivity index (χ2n) is 6.39. The highest BCUT2D eigenvalue weighted by molar-refractivity contribution is 9.10. The third kappa shape index (κ3) is 8.65. The van der Waals surface area contributed by atoms with Crippen molar-refractivity contribution in [1.29, 1.82) is 0 Å². The van der Waals surface area contributed by atoms with Gasteiger partial charge in [0.2, 0.25) is 0 Å². The molecular formula is C16H24BrNO5S. The Labute approximate surface area is 152 Å². The molecule has 1 aromatic rings. The number of hydrogen-bond donors (Lipinski definition) is 1. The molecule has 8 heteroatoms. The molecule has 6 nitrogen and oxygen atoms in total. The van der Waals surface area contributed by atoms with Gasteiger partial charge >= 0.3 is 6.09 Å². The molecule has 0 aromatic heterocycles. The summed E-state index contributed by atoms with van der Waals surface area (Å²) >= 11 is 3.47. The van der Waals surface area contributed by atoms with E-state index in [0.717, 1.165) is 16.3 Å². The molecule has 1 amide bonds. The van der Waals surface area contributed by atoms with Gasteiger partial charge in [-0.05, 0) is 45.2 Å². The summed E-state index contributed by atoms with van der Waals surface area (Å²) in [7, 11) is -3.46. The molecule has 0 fully saturated rings. The maximum absolute atomic E-state index is 12.1. The van der Waals surface area contributed by atoms with Gasteiger partial charge in [0, 0.05) is 4.47 Å². The second-order valence-corrected chi connectivity index (χ2v) is 8.89. The molecule has 1 atom stereocenters. The predicted octanol–water partition coefficient (Wildman–Crippen LogP) is 3.77. The molecule has 0 saturated carbocycles. The van der Waals surface area contributed by atoms with Gasteiger partial charge in [-0.25, -0.2) is 4.79 Å². The van der Waals surface area contributed by atoms with Crippen LogP contribution in [0.15, 0.2) is 28.7 Å². The number of hydrogen-bond acceptors (Lipinski definition) is 5. The molecule has 0 bridgehead atoms. The lowest BCUT2D eigenvalue weighted by Gasteiger charge is -2.24. The molecule has 0 aliphatic heterocycles. The van der Waals surface area contributed by atoms with Crippen molar-refractivity contribution in [3.05, 3.63) is 34.3 Å². The molecule has 0 aliphatic carbocycles. The summed E-state index contributed by atoms with van der Waals surface area (Å²) < 4.78 is 32.9. The first-order valence-corrected chi connectivity index (χ1v) is 10.2. The molecule has 1 rings (SSSR count). The molecule has 0 heterocycles. The second kappa shape index (κ2) is 8.82. The molecular weight excluding hydrogens is 398 g/mol. The molecule has 0 saturated heterocycles. The monoisotopic (exact) mass is 421 g/mol. The Morgan fingerprint density at radius 2 is 1.92 bits per heavy atom. The van der Waals surface area contributed by atoms with Gasteiger partial charge in [-0.3, -0.25) is 4.18 Å². The van der Waals surface area contributed by atoms with Crippen LogP contribution in [-0.4, -0.2) is 33.0 Å². The summed E-state index contributed by atoms with van der Waals surface area (Å²) in [5.74, 6) is 0. The van der Waals surface area contributed by atoms with Crippen molar-refractivity contribution in [3.8, 4) is 0 Å². The summed E-state index contributed by atoms with van der Waals surface area (Å²) in [6.45, 7) is 5.44. The summed E-state index contributed by atoms with van der Waals surface area (Å²) in [6.07, 6.45) is 1.47. The Hall–Kier alpha value is -1.12.